The Kier molecular flexibility index (Phi) is 5.16. The van der Waals surface area contributed by atoms with Gasteiger partial charge in [-0.3, -0.25) is 4.79 Å². The number of aryl methyl sites for hydroxylation is 1. The number of nitrogens with one attached hydrogen (secondary N) is 1. The summed E-state index contributed by atoms with van der Waals surface area (Å²) in [5, 5.41) is 2.71. The lowest BCUT2D eigenvalue weighted by atomic mass is 10.0. The number of esters is 1. The van der Waals surface area contributed by atoms with Gasteiger partial charge in [-0.1, -0.05) is 0 Å². The van der Waals surface area contributed by atoms with Gasteiger partial charge in [0.25, 0.3) is 0 Å². The van der Waals surface area contributed by atoms with Gasteiger partial charge in [0, 0.05) is 18.3 Å². The molecule has 1 N–H and O–H groups in total. The minimum absolute atomic E-state index is 0.0473. The van der Waals surface area contributed by atoms with Crippen LogP contribution in [0.2, 0.25) is 0 Å². The molecule has 1 aliphatic rings. The Hall–Kier alpha value is -2.96. The lowest BCUT2D eigenvalue weighted by molar-refractivity contribution is -0.115. The van der Waals surface area contributed by atoms with Crippen molar-refractivity contribution in [3.05, 3.63) is 59.2 Å². The van der Waals surface area contributed by atoms with E-state index < -0.39 is 17.6 Å². The third-order valence-corrected chi connectivity index (χ3v) is 4.22. The van der Waals surface area contributed by atoms with Gasteiger partial charge in [0.15, 0.2) is 0 Å². The van der Waals surface area contributed by atoms with Crippen molar-refractivity contribution >= 4 is 23.3 Å². The van der Waals surface area contributed by atoms with Crippen molar-refractivity contribution < 1.29 is 23.1 Å². The molecule has 2 aromatic carbocycles. The van der Waals surface area contributed by atoms with Crippen LogP contribution in [-0.4, -0.2) is 32.1 Å². The average Bonchev–Trinajstić information content (AvgIpc) is 2.61. The van der Waals surface area contributed by atoms with Gasteiger partial charge in [-0.2, -0.15) is 0 Å². The van der Waals surface area contributed by atoms with Crippen molar-refractivity contribution in [2.45, 2.75) is 12.8 Å². The molecule has 0 radical (unpaired) electrons. The van der Waals surface area contributed by atoms with Gasteiger partial charge in [0.1, 0.15) is 11.6 Å². The highest BCUT2D eigenvalue weighted by molar-refractivity contribution is 5.95. The largest absolute Gasteiger partial charge is 0.465 e. The zero-order valence-corrected chi connectivity index (χ0v) is 14.2. The highest BCUT2D eigenvalue weighted by atomic mass is 19.1. The van der Waals surface area contributed by atoms with Crippen molar-refractivity contribution in [2.75, 3.05) is 30.4 Å². The van der Waals surface area contributed by atoms with Crippen LogP contribution in [0.4, 0.5) is 20.2 Å². The minimum Gasteiger partial charge on any atom is -0.465 e. The maximum absolute atomic E-state index is 14.2. The Morgan fingerprint density at radius 1 is 1.19 bits per heavy atom. The fourth-order valence-corrected chi connectivity index (χ4v) is 3.08. The van der Waals surface area contributed by atoms with Crippen LogP contribution in [0.15, 0.2) is 36.4 Å². The Morgan fingerprint density at radius 2 is 1.92 bits per heavy atom. The van der Waals surface area contributed by atoms with E-state index in [2.05, 4.69) is 10.1 Å². The molecule has 0 spiro atoms. The SMILES string of the molecule is COC(=O)c1ccc(NC(=O)CN2CCCc3cc(F)cc(F)c32)cc1. The van der Waals surface area contributed by atoms with E-state index >= 15 is 0 Å². The number of anilines is 2. The predicted molar refractivity (Wildman–Crippen MR) is 93.3 cm³/mol. The van der Waals surface area contributed by atoms with E-state index in [1.807, 2.05) is 0 Å². The number of methoxy groups -OCH3 is 1. The summed E-state index contributed by atoms with van der Waals surface area (Å²) in [6.45, 7) is 0.471. The average molecular weight is 360 g/mol. The summed E-state index contributed by atoms with van der Waals surface area (Å²) in [7, 11) is 1.29. The number of carbonyl (C=O) groups excluding carboxylic acids is 2. The second-order valence-electron chi connectivity index (χ2n) is 6.04. The van der Waals surface area contributed by atoms with E-state index in [1.54, 1.807) is 29.2 Å². The van der Waals surface area contributed by atoms with E-state index in [9.17, 15) is 18.4 Å². The maximum atomic E-state index is 14.2. The molecule has 5 nitrogen and oxygen atoms in total. The number of nitrogens with zero attached hydrogens (tertiary/aromatic N) is 1. The minimum atomic E-state index is -0.657. The zero-order chi connectivity index (χ0) is 18.7. The smallest absolute Gasteiger partial charge is 0.337 e. The molecule has 1 aliphatic heterocycles. The molecule has 0 unspecified atom stereocenters. The van der Waals surface area contributed by atoms with Crippen LogP contribution in [0.25, 0.3) is 0 Å². The van der Waals surface area contributed by atoms with Gasteiger partial charge in [0.05, 0.1) is 24.9 Å². The first kappa shape index (κ1) is 17.8. The molecule has 0 saturated heterocycles. The topological polar surface area (TPSA) is 58.6 Å². The number of rotatable bonds is 4. The lowest BCUT2D eigenvalue weighted by Crippen LogP contribution is -2.37. The standard InChI is InChI=1S/C19H18F2N2O3/c1-26-19(25)12-4-6-15(7-5-12)22-17(24)11-23-8-2-3-13-9-14(20)10-16(21)18(13)23/h4-7,9-10H,2-3,8,11H2,1H3,(H,22,24). The monoisotopic (exact) mass is 360 g/mol. The Labute approximate surface area is 149 Å². The molecule has 1 amide bonds. The van der Waals surface area contributed by atoms with Crippen molar-refractivity contribution in [1.29, 1.82) is 0 Å². The second-order valence-corrected chi connectivity index (χ2v) is 6.04. The van der Waals surface area contributed by atoms with Crippen molar-refractivity contribution in [3.63, 3.8) is 0 Å². The van der Waals surface area contributed by atoms with Crippen LogP contribution in [0, 0.1) is 11.6 Å². The molecular formula is C19H18F2N2O3. The van der Waals surface area contributed by atoms with Crippen LogP contribution < -0.4 is 10.2 Å². The number of hydrogen-bond donors (Lipinski definition) is 1. The van der Waals surface area contributed by atoms with Crippen LogP contribution in [0.5, 0.6) is 0 Å². The van der Waals surface area contributed by atoms with Gasteiger partial charge in [-0.25, -0.2) is 13.6 Å². The summed E-state index contributed by atoms with van der Waals surface area (Å²) >= 11 is 0. The highest BCUT2D eigenvalue weighted by Gasteiger charge is 2.23. The van der Waals surface area contributed by atoms with Crippen LogP contribution in [0.1, 0.15) is 22.3 Å². The van der Waals surface area contributed by atoms with Gasteiger partial charge >= 0.3 is 5.97 Å². The molecule has 7 heteroatoms. The summed E-state index contributed by atoms with van der Waals surface area (Å²) < 4.78 is 32.1. The fourth-order valence-electron chi connectivity index (χ4n) is 3.08. The summed E-state index contributed by atoms with van der Waals surface area (Å²) in [4.78, 5) is 25.3. The Bertz CT molecular complexity index is 837. The molecule has 0 atom stereocenters. The zero-order valence-electron chi connectivity index (χ0n) is 14.2. The predicted octanol–water partition coefficient (Wildman–Crippen LogP) is 3.14. The fraction of sp³-hybridized carbons (Fsp3) is 0.263. The van der Waals surface area contributed by atoms with E-state index in [0.717, 1.165) is 12.5 Å². The van der Waals surface area contributed by atoms with Crippen LogP contribution >= 0.6 is 0 Å². The molecule has 136 valence electrons. The lowest BCUT2D eigenvalue weighted by Gasteiger charge is -2.31. The van der Waals surface area contributed by atoms with E-state index in [-0.39, 0.29) is 18.1 Å². The first-order valence-electron chi connectivity index (χ1n) is 8.19. The highest BCUT2D eigenvalue weighted by Crippen LogP contribution is 2.30. The van der Waals surface area contributed by atoms with Gasteiger partial charge in [0.2, 0.25) is 5.91 Å². The van der Waals surface area contributed by atoms with Crippen LogP contribution in [0.3, 0.4) is 0 Å². The van der Waals surface area contributed by atoms with Crippen molar-refractivity contribution in [3.8, 4) is 0 Å². The maximum Gasteiger partial charge on any atom is 0.337 e. The normalized spacial score (nSPS) is 13.1. The molecule has 0 bridgehead atoms. The molecule has 1 heterocycles. The molecule has 0 aliphatic carbocycles. The van der Waals surface area contributed by atoms with Crippen LogP contribution in [-0.2, 0) is 16.0 Å². The number of benzene rings is 2. The summed E-state index contributed by atoms with van der Waals surface area (Å²) in [5.74, 6) is -2.06. The summed E-state index contributed by atoms with van der Waals surface area (Å²) in [6.07, 6.45) is 1.30. The third-order valence-electron chi connectivity index (χ3n) is 4.22. The van der Waals surface area contributed by atoms with Gasteiger partial charge in [-0.05, 0) is 48.7 Å². The molecule has 2 aromatic rings. The summed E-state index contributed by atoms with van der Waals surface area (Å²) in [5.41, 5.74) is 1.75. The first-order chi connectivity index (χ1) is 12.5. The Morgan fingerprint density at radius 3 is 2.62 bits per heavy atom. The molecule has 3 rings (SSSR count). The molecular weight excluding hydrogens is 342 g/mol. The molecule has 0 fully saturated rings. The quantitative estimate of drug-likeness (QED) is 0.851. The van der Waals surface area contributed by atoms with Crippen molar-refractivity contribution in [1.82, 2.24) is 0 Å². The number of amides is 1. The molecule has 0 aromatic heterocycles. The van der Waals surface area contributed by atoms with Gasteiger partial charge < -0.3 is 15.0 Å². The van der Waals surface area contributed by atoms with E-state index in [1.165, 1.54) is 13.2 Å². The molecule has 0 saturated carbocycles. The summed E-state index contributed by atoms with van der Waals surface area (Å²) in [6, 6.07) is 8.41. The number of ether oxygens (including phenoxy) is 1. The van der Waals surface area contributed by atoms with E-state index in [4.69, 9.17) is 0 Å². The first-order valence-corrected chi connectivity index (χ1v) is 8.19. The molecule has 26 heavy (non-hydrogen) atoms. The number of hydrogen-bond acceptors (Lipinski definition) is 4. The van der Waals surface area contributed by atoms with Crippen molar-refractivity contribution in [2.24, 2.45) is 0 Å². The number of fused-ring (bicyclic) bond motifs is 1. The Balaban J connectivity index is 1.69. The second kappa shape index (κ2) is 7.51. The number of carbonyl (C=O) groups is 2. The number of halogens is 2. The van der Waals surface area contributed by atoms with Gasteiger partial charge in [-0.15, -0.1) is 0 Å². The third kappa shape index (κ3) is 3.82. The van der Waals surface area contributed by atoms with E-state index in [0.29, 0.717) is 29.8 Å².